The molecule has 2 rings (SSSR count). The van der Waals surface area contributed by atoms with Crippen molar-refractivity contribution < 1.29 is 0 Å². The number of nitrogens with zero attached hydrogens (tertiary/aromatic N) is 4. The second kappa shape index (κ2) is 2.71. The molecule has 0 N–H and O–H groups in total. The van der Waals surface area contributed by atoms with Gasteiger partial charge in [-0.25, -0.2) is 9.97 Å². The lowest BCUT2D eigenvalue weighted by Crippen LogP contribution is -1.94. The second-order valence-electron chi connectivity index (χ2n) is 2.61. The highest BCUT2D eigenvalue weighted by Crippen LogP contribution is 2.17. The van der Waals surface area contributed by atoms with Crippen LogP contribution in [0.2, 0.25) is 5.28 Å². The van der Waals surface area contributed by atoms with Crippen LogP contribution in [0.1, 0.15) is 5.69 Å². The van der Waals surface area contributed by atoms with Gasteiger partial charge in [0, 0.05) is 13.2 Å². The highest BCUT2D eigenvalue weighted by Gasteiger charge is 2.08. The summed E-state index contributed by atoms with van der Waals surface area (Å²) in [4.78, 5) is 7.81. The van der Waals surface area contributed by atoms with Crippen molar-refractivity contribution in [2.75, 3.05) is 0 Å². The predicted molar refractivity (Wildman–Crippen MR) is 48.2 cm³/mol. The quantitative estimate of drug-likeness (QED) is 0.595. The van der Waals surface area contributed by atoms with E-state index < -0.39 is 0 Å². The molecule has 13 heavy (non-hydrogen) atoms. The number of hydrogen-bond acceptors (Lipinski definition) is 3. The molecule has 0 aliphatic carbocycles. The van der Waals surface area contributed by atoms with Crippen molar-refractivity contribution in [2.45, 2.75) is 0 Å². The molecular formula is C8H5ClN4. The standard InChI is InChI=1S/C8H5ClN4/c1-13-3-2-5-7(13)6(4-10)12-8(9)11-5/h2-3H,1H3. The Balaban J connectivity index is 2.95. The molecule has 0 fully saturated rings. The van der Waals surface area contributed by atoms with Crippen molar-refractivity contribution in [3.8, 4) is 6.07 Å². The van der Waals surface area contributed by atoms with Crippen LogP contribution in [0.15, 0.2) is 12.3 Å². The summed E-state index contributed by atoms with van der Waals surface area (Å²) in [5.74, 6) is 0. The first-order valence-corrected chi connectivity index (χ1v) is 3.99. The van der Waals surface area contributed by atoms with Crippen LogP contribution in [0.3, 0.4) is 0 Å². The first-order chi connectivity index (χ1) is 6.22. The Bertz CT molecular complexity index is 509. The number of hydrogen-bond donors (Lipinski definition) is 0. The van der Waals surface area contributed by atoms with E-state index in [0.717, 1.165) is 0 Å². The molecule has 0 aliphatic heterocycles. The van der Waals surface area contributed by atoms with Crippen LogP contribution < -0.4 is 0 Å². The van der Waals surface area contributed by atoms with Gasteiger partial charge < -0.3 is 4.57 Å². The average molecular weight is 193 g/mol. The summed E-state index contributed by atoms with van der Waals surface area (Å²) in [6.45, 7) is 0. The summed E-state index contributed by atoms with van der Waals surface area (Å²) in [6.07, 6.45) is 1.82. The van der Waals surface area contributed by atoms with Gasteiger partial charge in [0.1, 0.15) is 11.6 Å². The van der Waals surface area contributed by atoms with Crippen molar-refractivity contribution in [2.24, 2.45) is 7.05 Å². The van der Waals surface area contributed by atoms with E-state index in [1.54, 1.807) is 10.6 Å². The number of halogens is 1. The summed E-state index contributed by atoms with van der Waals surface area (Å²) in [6, 6.07) is 3.78. The van der Waals surface area contributed by atoms with Crippen molar-refractivity contribution in [1.29, 1.82) is 5.26 Å². The number of aromatic nitrogens is 3. The second-order valence-corrected chi connectivity index (χ2v) is 2.95. The summed E-state index contributed by atoms with van der Waals surface area (Å²) in [7, 11) is 1.83. The Morgan fingerprint density at radius 1 is 1.54 bits per heavy atom. The largest absolute Gasteiger partial charge is 0.347 e. The Labute approximate surface area is 79.4 Å². The Hall–Kier alpha value is -1.60. The van der Waals surface area contributed by atoms with Gasteiger partial charge in [0.2, 0.25) is 5.28 Å². The zero-order chi connectivity index (χ0) is 9.42. The van der Waals surface area contributed by atoms with E-state index in [4.69, 9.17) is 16.9 Å². The van der Waals surface area contributed by atoms with Gasteiger partial charge in [-0.15, -0.1) is 0 Å². The third kappa shape index (κ3) is 1.14. The van der Waals surface area contributed by atoms with Crippen LogP contribution in [0.25, 0.3) is 11.0 Å². The molecule has 2 aromatic rings. The Morgan fingerprint density at radius 2 is 2.31 bits per heavy atom. The lowest BCUT2D eigenvalue weighted by molar-refractivity contribution is 0.958. The molecule has 4 nitrogen and oxygen atoms in total. The average Bonchev–Trinajstić information content (AvgIpc) is 2.46. The van der Waals surface area contributed by atoms with E-state index in [1.807, 2.05) is 19.3 Å². The molecule has 0 atom stereocenters. The van der Waals surface area contributed by atoms with Gasteiger partial charge in [-0.1, -0.05) is 0 Å². The fourth-order valence-electron chi connectivity index (χ4n) is 1.24. The molecular weight excluding hydrogens is 188 g/mol. The van der Waals surface area contributed by atoms with Crippen LogP contribution in [-0.4, -0.2) is 14.5 Å². The molecule has 64 valence electrons. The number of rotatable bonds is 0. The van der Waals surface area contributed by atoms with E-state index in [0.29, 0.717) is 16.7 Å². The first-order valence-electron chi connectivity index (χ1n) is 3.61. The molecule has 2 heterocycles. The highest BCUT2D eigenvalue weighted by atomic mass is 35.5. The van der Waals surface area contributed by atoms with E-state index in [1.165, 1.54) is 0 Å². The third-order valence-corrected chi connectivity index (χ3v) is 1.97. The number of aryl methyl sites for hydroxylation is 1. The van der Waals surface area contributed by atoms with Gasteiger partial charge in [-0.05, 0) is 17.7 Å². The Morgan fingerprint density at radius 3 is 3.00 bits per heavy atom. The van der Waals surface area contributed by atoms with E-state index >= 15 is 0 Å². The van der Waals surface area contributed by atoms with E-state index in [2.05, 4.69) is 9.97 Å². The molecule has 5 heteroatoms. The van der Waals surface area contributed by atoms with Crippen LogP contribution in [-0.2, 0) is 7.05 Å². The molecule has 0 saturated heterocycles. The van der Waals surface area contributed by atoms with Crippen LogP contribution in [0.4, 0.5) is 0 Å². The molecule has 0 bridgehead atoms. The topological polar surface area (TPSA) is 54.5 Å². The minimum atomic E-state index is 0.107. The van der Waals surface area contributed by atoms with E-state index in [-0.39, 0.29) is 5.28 Å². The van der Waals surface area contributed by atoms with Crippen molar-refractivity contribution >= 4 is 22.6 Å². The number of fused-ring (bicyclic) bond motifs is 1. The molecule has 0 aromatic carbocycles. The summed E-state index contributed by atoms with van der Waals surface area (Å²) >= 11 is 5.63. The van der Waals surface area contributed by atoms with E-state index in [9.17, 15) is 0 Å². The molecule has 2 aromatic heterocycles. The Kier molecular flexibility index (Phi) is 1.67. The van der Waals surface area contributed by atoms with Crippen LogP contribution in [0.5, 0.6) is 0 Å². The SMILES string of the molecule is Cn1ccc2nc(Cl)nc(C#N)c21. The zero-order valence-corrected chi connectivity index (χ0v) is 7.58. The molecule has 0 radical (unpaired) electrons. The number of nitriles is 1. The van der Waals surface area contributed by atoms with Gasteiger partial charge in [-0.2, -0.15) is 5.26 Å². The maximum atomic E-state index is 8.79. The van der Waals surface area contributed by atoms with Gasteiger partial charge in [0.15, 0.2) is 5.69 Å². The fourth-order valence-corrected chi connectivity index (χ4v) is 1.42. The first kappa shape index (κ1) is 8.02. The molecule has 0 unspecified atom stereocenters. The maximum Gasteiger partial charge on any atom is 0.224 e. The lowest BCUT2D eigenvalue weighted by Gasteiger charge is -1.97. The fraction of sp³-hybridized carbons (Fsp3) is 0.125. The van der Waals surface area contributed by atoms with Gasteiger partial charge >= 0.3 is 0 Å². The summed E-state index contributed by atoms with van der Waals surface area (Å²) in [5, 5.41) is 8.90. The molecule has 0 spiro atoms. The van der Waals surface area contributed by atoms with Crippen molar-refractivity contribution in [3.63, 3.8) is 0 Å². The van der Waals surface area contributed by atoms with Crippen LogP contribution in [0, 0.1) is 11.3 Å². The van der Waals surface area contributed by atoms with Crippen molar-refractivity contribution in [3.05, 3.63) is 23.2 Å². The van der Waals surface area contributed by atoms with Crippen molar-refractivity contribution in [1.82, 2.24) is 14.5 Å². The lowest BCUT2D eigenvalue weighted by atomic mass is 10.3. The minimum Gasteiger partial charge on any atom is -0.347 e. The van der Waals surface area contributed by atoms with Crippen LogP contribution >= 0.6 is 11.6 Å². The molecule has 0 saturated carbocycles. The zero-order valence-electron chi connectivity index (χ0n) is 6.82. The summed E-state index contributed by atoms with van der Waals surface area (Å²) < 4.78 is 1.80. The summed E-state index contributed by atoms with van der Waals surface area (Å²) in [5.41, 5.74) is 1.72. The van der Waals surface area contributed by atoms with Gasteiger partial charge in [-0.3, -0.25) is 0 Å². The highest BCUT2D eigenvalue weighted by molar-refractivity contribution is 6.28. The monoisotopic (exact) mass is 192 g/mol. The third-order valence-electron chi connectivity index (χ3n) is 1.80. The normalized spacial score (nSPS) is 10.2. The minimum absolute atomic E-state index is 0.107. The smallest absolute Gasteiger partial charge is 0.224 e. The molecule has 0 amide bonds. The molecule has 0 aliphatic rings. The van der Waals surface area contributed by atoms with Gasteiger partial charge in [0.25, 0.3) is 0 Å². The van der Waals surface area contributed by atoms with Gasteiger partial charge in [0.05, 0.1) is 5.52 Å². The predicted octanol–water partition coefficient (Wildman–Crippen LogP) is 1.49. The maximum absolute atomic E-state index is 8.79.